The Balaban J connectivity index is 1.71. The van der Waals surface area contributed by atoms with Crippen LogP contribution in [-0.2, 0) is 0 Å². The molecule has 94 valence electrons. The molecule has 1 N–H and O–H groups in total. The Bertz CT molecular complexity index is 333. The van der Waals surface area contributed by atoms with Crippen LogP contribution < -0.4 is 5.32 Å². The molecule has 0 radical (unpaired) electrons. The molecular formula is C13H20FN3. The maximum atomic E-state index is 12.7. The molecule has 1 saturated heterocycles. The lowest BCUT2D eigenvalue weighted by Gasteiger charge is -2.20. The van der Waals surface area contributed by atoms with Crippen LogP contribution in [0.4, 0.5) is 10.2 Å². The van der Waals surface area contributed by atoms with Gasteiger partial charge >= 0.3 is 0 Å². The van der Waals surface area contributed by atoms with Crippen LogP contribution in [-0.4, -0.2) is 36.1 Å². The molecule has 17 heavy (non-hydrogen) atoms. The number of halogens is 1. The number of nitrogens with one attached hydrogen (secondary N) is 1. The van der Waals surface area contributed by atoms with E-state index in [9.17, 15) is 4.39 Å². The number of anilines is 1. The fourth-order valence-electron chi connectivity index (χ4n) is 2.23. The number of pyridine rings is 1. The number of likely N-dealkylation sites (tertiary alicyclic amines) is 1. The summed E-state index contributed by atoms with van der Waals surface area (Å²) in [5, 5.41) is 3.24. The highest BCUT2D eigenvalue weighted by Crippen LogP contribution is 2.11. The molecule has 2 rings (SSSR count). The smallest absolute Gasteiger partial charge is 0.141 e. The van der Waals surface area contributed by atoms with E-state index in [4.69, 9.17) is 0 Å². The van der Waals surface area contributed by atoms with Crippen molar-refractivity contribution in [2.24, 2.45) is 5.92 Å². The first-order valence-electron chi connectivity index (χ1n) is 6.32. The molecular weight excluding hydrogens is 217 g/mol. The average molecular weight is 237 g/mol. The lowest BCUT2D eigenvalue weighted by Crippen LogP contribution is -2.29. The van der Waals surface area contributed by atoms with Gasteiger partial charge in [0.15, 0.2) is 0 Å². The molecule has 0 amide bonds. The van der Waals surface area contributed by atoms with Crippen molar-refractivity contribution in [2.45, 2.75) is 19.8 Å². The summed E-state index contributed by atoms with van der Waals surface area (Å²) in [6.45, 7) is 6.72. The van der Waals surface area contributed by atoms with Crippen molar-refractivity contribution in [1.29, 1.82) is 0 Å². The van der Waals surface area contributed by atoms with Crippen LogP contribution in [0.2, 0.25) is 0 Å². The van der Waals surface area contributed by atoms with Crippen molar-refractivity contribution >= 4 is 5.82 Å². The highest BCUT2D eigenvalue weighted by Gasteiger charge is 2.14. The minimum Gasteiger partial charge on any atom is -0.370 e. The summed E-state index contributed by atoms with van der Waals surface area (Å²) in [7, 11) is 0. The fraction of sp³-hybridized carbons (Fsp3) is 0.615. The molecule has 3 nitrogen and oxygen atoms in total. The molecule has 1 unspecified atom stereocenters. The van der Waals surface area contributed by atoms with Crippen LogP contribution in [0.15, 0.2) is 18.3 Å². The van der Waals surface area contributed by atoms with Gasteiger partial charge in [0.1, 0.15) is 11.6 Å². The van der Waals surface area contributed by atoms with Crippen molar-refractivity contribution in [1.82, 2.24) is 9.88 Å². The van der Waals surface area contributed by atoms with E-state index < -0.39 is 0 Å². The zero-order valence-corrected chi connectivity index (χ0v) is 10.3. The molecule has 1 aromatic rings. The lowest BCUT2D eigenvalue weighted by molar-refractivity contribution is 0.294. The third kappa shape index (κ3) is 3.97. The van der Waals surface area contributed by atoms with E-state index in [2.05, 4.69) is 22.1 Å². The maximum Gasteiger partial charge on any atom is 0.141 e. The van der Waals surface area contributed by atoms with Gasteiger partial charge in [-0.2, -0.15) is 0 Å². The maximum absolute atomic E-state index is 12.7. The zero-order chi connectivity index (χ0) is 12.1. The monoisotopic (exact) mass is 237 g/mol. The highest BCUT2D eigenvalue weighted by molar-refractivity contribution is 5.33. The second-order valence-corrected chi connectivity index (χ2v) is 4.86. The molecule has 1 atom stereocenters. The van der Waals surface area contributed by atoms with Crippen LogP contribution in [0.5, 0.6) is 0 Å². The molecule has 0 saturated carbocycles. The van der Waals surface area contributed by atoms with Gasteiger partial charge in [-0.25, -0.2) is 9.37 Å². The quantitative estimate of drug-likeness (QED) is 0.852. The summed E-state index contributed by atoms with van der Waals surface area (Å²) in [5.41, 5.74) is 0. The number of rotatable bonds is 5. The average Bonchev–Trinajstić information content (AvgIpc) is 2.81. The summed E-state index contributed by atoms with van der Waals surface area (Å²) in [4.78, 5) is 6.49. The fourth-order valence-corrected chi connectivity index (χ4v) is 2.23. The van der Waals surface area contributed by atoms with Gasteiger partial charge in [-0.15, -0.1) is 0 Å². The number of aromatic nitrogens is 1. The molecule has 0 bridgehead atoms. The summed E-state index contributed by atoms with van der Waals surface area (Å²) in [6.07, 6.45) is 3.91. The number of hydrogen-bond acceptors (Lipinski definition) is 3. The van der Waals surface area contributed by atoms with Gasteiger partial charge < -0.3 is 10.2 Å². The van der Waals surface area contributed by atoms with Crippen molar-refractivity contribution in [3.8, 4) is 0 Å². The van der Waals surface area contributed by atoms with Crippen molar-refractivity contribution in [3.63, 3.8) is 0 Å². The van der Waals surface area contributed by atoms with Gasteiger partial charge in [-0.05, 0) is 44.0 Å². The van der Waals surface area contributed by atoms with Gasteiger partial charge in [-0.1, -0.05) is 6.92 Å². The van der Waals surface area contributed by atoms with E-state index in [-0.39, 0.29) is 5.82 Å². The van der Waals surface area contributed by atoms with Gasteiger partial charge in [0.25, 0.3) is 0 Å². The first-order valence-corrected chi connectivity index (χ1v) is 6.32. The second-order valence-electron chi connectivity index (χ2n) is 4.86. The molecule has 1 fully saturated rings. The molecule has 1 aliphatic heterocycles. The largest absolute Gasteiger partial charge is 0.370 e. The summed E-state index contributed by atoms with van der Waals surface area (Å²) in [6, 6.07) is 3.11. The van der Waals surface area contributed by atoms with Gasteiger partial charge in [0.05, 0.1) is 6.20 Å². The molecule has 0 aromatic carbocycles. The molecule has 4 heteroatoms. The van der Waals surface area contributed by atoms with E-state index in [0.29, 0.717) is 5.92 Å². The predicted octanol–water partition coefficient (Wildman–Crippen LogP) is 2.36. The highest BCUT2D eigenvalue weighted by atomic mass is 19.1. The zero-order valence-electron chi connectivity index (χ0n) is 10.3. The molecule has 0 aliphatic carbocycles. The van der Waals surface area contributed by atoms with Crippen LogP contribution in [0.3, 0.4) is 0 Å². The Morgan fingerprint density at radius 1 is 1.41 bits per heavy atom. The summed E-state index contributed by atoms with van der Waals surface area (Å²) >= 11 is 0. The predicted molar refractivity (Wildman–Crippen MR) is 67.5 cm³/mol. The van der Waals surface area contributed by atoms with E-state index in [1.165, 1.54) is 38.2 Å². The Morgan fingerprint density at radius 2 is 2.18 bits per heavy atom. The number of hydrogen-bond donors (Lipinski definition) is 1. The normalized spacial score (nSPS) is 18.2. The van der Waals surface area contributed by atoms with Gasteiger partial charge in [0.2, 0.25) is 0 Å². The third-order valence-electron chi connectivity index (χ3n) is 3.13. The molecule has 1 aromatic heterocycles. The number of nitrogens with zero attached hydrogens (tertiary/aromatic N) is 2. The minimum absolute atomic E-state index is 0.291. The molecule has 0 spiro atoms. The van der Waals surface area contributed by atoms with E-state index >= 15 is 0 Å². The summed E-state index contributed by atoms with van der Waals surface area (Å²) in [5.74, 6) is 1.04. The Labute approximate surface area is 102 Å². The van der Waals surface area contributed by atoms with E-state index in [1.807, 2.05) is 0 Å². The standard InChI is InChI=1S/C13H20FN3/c1-11(10-17-6-2-3-7-17)8-15-13-5-4-12(14)9-16-13/h4-5,9,11H,2-3,6-8,10H2,1H3,(H,15,16). The lowest BCUT2D eigenvalue weighted by atomic mass is 10.1. The second kappa shape index (κ2) is 5.96. The van der Waals surface area contributed by atoms with Crippen molar-refractivity contribution in [3.05, 3.63) is 24.1 Å². The van der Waals surface area contributed by atoms with Crippen molar-refractivity contribution < 1.29 is 4.39 Å². The Hall–Kier alpha value is -1.16. The summed E-state index contributed by atoms with van der Waals surface area (Å²) < 4.78 is 12.7. The SMILES string of the molecule is CC(CNc1ccc(F)cn1)CN1CCCC1. The van der Waals surface area contributed by atoms with E-state index in [0.717, 1.165) is 18.9 Å². The Kier molecular flexibility index (Phi) is 4.31. The first kappa shape index (κ1) is 12.3. The van der Waals surface area contributed by atoms with E-state index in [1.54, 1.807) is 6.07 Å². The van der Waals surface area contributed by atoms with Crippen LogP contribution in [0.25, 0.3) is 0 Å². The molecule has 2 heterocycles. The minimum atomic E-state index is -0.291. The van der Waals surface area contributed by atoms with Gasteiger partial charge in [0, 0.05) is 13.1 Å². The van der Waals surface area contributed by atoms with Crippen LogP contribution in [0, 0.1) is 11.7 Å². The topological polar surface area (TPSA) is 28.2 Å². The van der Waals surface area contributed by atoms with Crippen molar-refractivity contribution in [2.75, 3.05) is 31.5 Å². The molecule has 1 aliphatic rings. The first-order chi connectivity index (χ1) is 8.24. The van der Waals surface area contributed by atoms with Gasteiger partial charge in [-0.3, -0.25) is 0 Å². The Morgan fingerprint density at radius 3 is 2.82 bits per heavy atom. The van der Waals surface area contributed by atoms with Crippen LogP contribution >= 0.6 is 0 Å². The van der Waals surface area contributed by atoms with Crippen LogP contribution in [0.1, 0.15) is 19.8 Å². The third-order valence-corrected chi connectivity index (χ3v) is 3.13.